The predicted molar refractivity (Wildman–Crippen MR) is 80.8 cm³/mol. The summed E-state index contributed by atoms with van der Waals surface area (Å²) in [6, 6.07) is 13.1. The van der Waals surface area contributed by atoms with Gasteiger partial charge in [-0.2, -0.15) is 0 Å². The van der Waals surface area contributed by atoms with Gasteiger partial charge in [-0.25, -0.2) is 0 Å². The third kappa shape index (κ3) is 4.53. The molecule has 1 aromatic carbocycles. The number of nitrogens with one attached hydrogen (secondary N) is 1. The predicted octanol–water partition coefficient (Wildman–Crippen LogP) is 2.92. The maximum Gasteiger partial charge on any atom is 0.220 e. The molecule has 0 fully saturated rings. The molecule has 1 amide bonds. The van der Waals surface area contributed by atoms with E-state index in [0.29, 0.717) is 5.56 Å². The van der Waals surface area contributed by atoms with Crippen LogP contribution in [-0.2, 0) is 4.79 Å². The maximum absolute atomic E-state index is 11.9. The second kappa shape index (κ2) is 7.33. The van der Waals surface area contributed by atoms with Crippen LogP contribution in [-0.4, -0.2) is 16.7 Å². The Hall–Kier alpha value is -2.49. The van der Waals surface area contributed by atoms with Crippen molar-refractivity contribution < 1.29 is 9.59 Å². The van der Waals surface area contributed by atoms with E-state index in [1.807, 2.05) is 37.3 Å². The Morgan fingerprint density at radius 1 is 1.10 bits per heavy atom. The molecule has 0 spiro atoms. The van der Waals surface area contributed by atoms with Gasteiger partial charge in [-0.05, 0) is 24.6 Å². The van der Waals surface area contributed by atoms with E-state index in [-0.39, 0.29) is 30.6 Å². The number of benzene rings is 1. The summed E-state index contributed by atoms with van der Waals surface area (Å²) in [6.07, 6.45) is 3.52. The number of hydrogen-bond donors (Lipinski definition) is 1. The fourth-order valence-corrected chi connectivity index (χ4v) is 2.04. The fourth-order valence-electron chi connectivity index (χ4n) is 2.04. The Bertz CT molecular complexity index is 597. The van der Waals surface area contributed by atoms with Crippen molar-refractivity contribution in [1.29, 1.82) is 0 Å². The highest BCUT2D eigenvalue weighted by Crippen LogP contribution is 2.11. The van der Waals surface area contributed by atoms with Crippen molar-refractivity contribution in [2.75, 3.05) is 0 Å². The zero-order valence-electron chi connectivity index (χ0n) is 12.0. The van der Waals surface area contributed by atoms with Crippen LogP contribution < -0.4 is 5.32 Å². The zero-order chi connectivity index (χ0) is 15.1. The first-order valence-corrected chi connectivity index (χ1v) is 6.94. The first-order valence-electron chi connectivity index (χ1n) is 6.94. The quantitative estimate of drug-likeness (QED) is 0.829. The molecule has 0 bridgehead atoms. The largest absolute Gasteiger partial charge is 0.350 e. The van der Waals surface area contributed by atoms with Crippen molar-refractivity contribution in [1.82, 2.24) is 10.3 Å². The average Bonchev–Trinajstić information content (AvgIpc) is 2.54. The molecular weight excluding hydrogens is 264 g/mol. The summed E-state index contributed by atoms with van der Waals surface area (Å²) in [5, 5.41) is 2.90. The second-order valence-electron chi connectivity index (χ2n) is 4.86. The summed E-state index contributed by atoms with van der Waals surface area (Å²) in [6.45, 7) is 1.93. The number of hydrogen-bond acceptors (Lipinski definition) is 3. The minimum atomic E-state index is -0.122. The van der Waals surface area contributed by atoms with E-state index >= 15 is 0 Å². The number of Topliss-reactive ketones (excluding diaryl/α,β-unsaturated/α-hetero) is 1. The van der Waals surface area contributed by atoms with E-state index in [1.165, 1.54) is 6.20 Å². The van der Waals surface area contributed by atoms with Crippen LogP contribution in [0.3, 0.4) is 0 Å². The molecule has 0 aliphatic carbocycles. The minimum Gasteiger partial charge on any atom is -0.350 e. The highest BCUT2D eigenvalue weighted by Gasteiger charge is 2.12. The third-order valence-corrected chi connectivity index (χ3v) is 3.24. The van der Waals surface area contributed by atoms with Gasteiger partial charge in [0, 0.05) is 30.8 Å². The van der Waals surface area contributed by atoms with E-state index in [9.17, 15) is 9.59 Å². The number of nitrogens with zero attached hydrogens (tertiary/aromatic N) is 1. The fraction of sp³-hybridized carbons (Fsp3) is 0.235. The molecule has 1 atom stereocenters. The van der Waals surface area contributed by atoms with Crippen molar-refractivity contribution in [3.05, 3.63) is 66.0 Å². The van der Waals surface area contributed by atoms with Crippen molar-refractivity contribution in [2.45, 2.75) is 25.8 Å². The Kier molecular flexibility index (Phi) is 5.21. The van der Waals surface area contributed by atoms with E-state index in [1.54, 1.807) is 18.3 Å². The second-order valence-corrected chi connectivity index (χ2v) is 4.86. The van der Waals surface area contributed by atoms with Crippen molar-refractivity contribution >= 4 is 11.7 Å². The molecule has 21 heavy (non-hydrogen) atoms. The molecule has 2 aromatic rings. The van der Waals surface area contributed by atoms with Gasteiger partial charge in [-0.15, -0.1) is 0 Å². The summed E-state index contributed by atoms with van der Waals surface area (Å²) in [5.41, 5.74) is 1.59. The molecule has 0 unspecified atom stereocenters. The highest BCUT2D eigenvalue weighted by atomic mass is 16.2. The molecule has 0 saturated heterocycles. The number of carbonyl (C=O) groups excluding carboxylic acids is 2. The van der Waals surface area contributed by atoms with Crippen LogP contribution in [0.2, 0.25) is 0 Å². The molecule has 4 nitrogen and oxygen atoms in total. The van der Waals surface area contributed by atoms with Gasteiger partial charge in [0.15, 0.2) is 5.78 Å². The normalized spacial score (nSPS) is 11.7. The van der Waals surface area contributed by atoms with Gasteiger partial charge in [0.1, 0.15) is 0 Å². The Labute approximate surface area is 124 Å². The van der Waals surface area contributed by atoms with Gasteiger partial charge in [0.05, 0.1) is 6.04 Å². The van der Waals surface area contributed by atoms with Gasteiger partial charge in [0.2, 0.25) is 5.91 Å². The van der Waals surface area contributed by atoms with Crippen LogP contribution in [0.25, 0.3) is 0 Å². The van der Waals surface area contributed by atoms with Gasteiger partial charge in [-0.1, -0.05) is 30.3 Å². The van der Waals surface area contributed by atoms with Crippen LogP contribution in [0.5, 0.6) is 0 Å². The number of amides is 1. The molecule has 0 saturated carbocycles. The lowest BCUT2D eigenvalue weighted by atomic mass is 10.1. The maximum atomic E-state index is 11.9. The third-order valence-electron chi connectivity index (χ3n) is 3.24. The monoisotopic (exact) mass is 282 g/mol. The number of ketones is 1. The topological polar surface area (TPSA) is 59.1 Å². The molecule has 1 heterocycles. The Morgan fingerprint density at radius 2 is 1.86 bits per heavy atom. The van der Waals surface area contributed by atoms with E-state index in [4.69, 9.17) is 0 Å². The van der Waals surface area contributed by atoms with Crippen LogP contribution >= 0.6 is 0 Å². The molecule has 0 aliphatic heterocycles. The van der Waals surface area contributed by atoms with Crippen molar-refractivity contribution in [3.63, 3.8) is 0 Å². The van der Waals surface area contributed by atoms with Crippen molar-refractivity contribution in [3.8, 4) is 0 Å². The number of rotatable bonds is 6. The number of aromatic nitrogens is 1. The molecule has 1 N–H and O–H groups in total. The molecule has 0 aliphatic rings. The molecule has 4 heteroatoms. The SMILES string of the molecule is C[C@@H](NC(=O)CCC(=O)c1cccnc1)c1ccccc1. The van der Waals surface area contributed by atoms with Gasteiger partial charge in [0.25, 0.3) is 0 Å². The molecular formula is C17H18N2O2. The first-order chi connectivity index (χ1) is 10.2. The van der Waals surface area contributed by atoms with Gasteiger partial charge >= 0.3 is 0 Å². The molecule has 2 rings (SSSR count). The highest BCUT2D eigenvalue weighted by molar-refractivity contribution is 5.97. The van der Waals surface area contributed by atoms with E-state index in [2.05, 4.69) is 10.3 Å². The van der Waals surface area contributed by atoms with Crippen molar-refractivity contribution in [2.24, 2.45) is 0 Å². The summed E-state index contributed by atoms with van der Waals surface area (Å²) in [5.74, 6) is -0.186. The smallest absolute Gasteiger partial charge is 0.220 e. The van der Waals surface area contributed by atoms with Gasteiger partial charge < -0.3 is 5.32 Å². The summed E-state index contributed by atoms with van der Waals surface area (Å²) >= 11 is 0. The van der Waals surface area contributed by atoms with E-state index < -0.39 is 0 Å². The summed E-state index contributed by atoms with van der Waals surface area (Å²) in [4.78, 5) is 27.7. The van der Waals surface area contributed by atoms with Crippen LogP contribution in [0, 0.1) is 0 Å². The lowest BCUT2D eigenvalue weighted by molar-refractivity contribution is -0.121. The van der Waals surface area contributed by atoms with Crippen LogP contribution in [0.15, 0.2) is 54.9 Å². The lowest BCUT2D eigenvalue weighted by Crippen LogP contribution is -2.26. The van der Waals surface area contributed by atoms with Gasteiger partial charge in [-0.3, -0.25) is 14.6 Å². The lowest BCUT2D eigenvalue weighted by Gasteiger charge is -2.14. The number of carbonyl (C=O) groups is 2. The minimum absolute atomic E-state index is 0.0628. The van der Waals surface area contributed by atoms with E-state index in [0.717, 1.165) is 5.56 Å². The van der Waals surface area contributed by atoms with Crippen LogP contribution in [0.4, 0.5) is 0 Å². The Morgan fingerprint density at radius 3 is 2.52 bits per heavy atom. The summed E-state index contributed by atoms with van der Waals surface area (Å²) < 4.78 is 0. The average molecular weight is 282 g/mol. The Balaban J connectivity index is 1.81. The molecule has 0 radical (unpaired) electrons. The first kappa shape index (κ1) is 14.9. The molecule has 108 valence electrons. The summed E-state index contributed by atoms with van der Waals surface area (Å²) in [7, 11) is 0. The molecule has 1 aromatic heterocycles. The van der Waals surface area contributed by atoms with Crippen LogP contribution in [0.1, 0.15) is 41.7 Å². The zero-order valence-corrected chi connectivity index (χ0v) is 12.0. The standard InChI is InChI=1S/C17H18N2O2/c1-13(14-6-3-2-4-7-14)19-17(21)10-9-16(20)15-8-5-11-18-12-15/h2-8,11-13H,9-10H2,1H3,(H,19,21)/t13-/m1/s1. The number of pyridine rings is 1.